The Bertz CT molecular complexity index is 990. The lowest BCUT2D eigenvalue weighted by Crippen LogP contribution is -2.50. The van der Waals surface area contributed by atoms with Crippen molar-refractivity contribution in [3.63, 3.8) is 0 Å². The SMILES string of the molecule is CCOC(=O)C1=C(CN2CCCN(C(=O)NC(C)(C)C)CC2)N(C)C(=O)NC1c1ccccc1Cl. The van der Waals surface area contributed by atoms with Crippen molar-refractivity contribution in [1.29, 1.82) is 0 Å². The summed E-state index contributed by atoms with van der Waals surface area (Å²) in [4.78, 5) is 44.2. The molecule has 1 fully saturated rings. The van der Waals surface area contributed by atoms with Crippen molar-refractivity contribution in [2.45, 2.75) is 45.7 Å². The number of benzene rings is 1. The third kappa shape index (κ3) is 6.67. The van der Waals surface area contributed by atoms with Gasteiger partial charge in [0.05, 0.1) is 18.2 Å². The summed E-state index contributed by atoms with van der Waals surface area (Å²) in [5.74, 6) is -0.486. The number of hydrogen-bond donors (Lipinski definition) is 2. The number of likely N-dealkylation sites (N-methyl/N-ethyl adjacent to an activating group) is 1. The number of carbonyl (C=O) groups excluding carboxylic acids is 3. The molecular formula is C25H36ClN5O4. The number of urea groups is 2. The molecule has 0 radical (unpaired) electrons. The highest BCUT2D eigenvalue weighted by Crippen LogP contribution is 2.34. The van der Waals surface area contributed by atoms with Crippen LogP contribution >= 0.6 is 11.6 Å². The van der Waals surface area contributed by atoms with Crippen LogP contribution < -0.4 is 10.6 Å². The number of nitrogens with one attached hydrogen (secondary N) is 2. The second-order valence-corrected chi connectivity index (χ2v) is 10.2. The third-order valence-corrected chi connectivity index (χ3v) is 6.36. The van der Waals surface area contributed by atoms with Crippen LogP contribution in [0.4, 0.5) is 9.59 Å². The number of nitrogens with zero attached hydrogens (tertiary/aromatic N) is 3. The van der Waals surface area contributed by atoms with Crippen LogP contribution in [0.2, 0.25) is 5.02 Å². The molecule has 2 aliphatic heterocycles. The van der Waals surface area contributed by atoms with Gasteiger partial charge in [-0.1, -0.05) is 29.8 Å². The topological polar surface area (TPSA) is 94.2 Å². The van der Waals surface area contributed by atoms with Gasteiger partial charge in [-0.25, -0.2) is 14.4 Å². The minimum Gasteiger partial charge on any atom is -0.463 e. The van der Waals surface area contributed by atoms with Crippen LogP contribution in [0.3, 0.4) is 0 Å². The van der Waals surface area contributed by atoms with Crippen molar-refractivity contribution in [3.05, 3.63) is 46.1 Å². The number of hydrogen-bond acceptors (Lipinski definition) is 5. The lowest BCUT2D eigenvalue weighted by Gasteiger charge is -2.36. The summed E-state index contributed by atoms with van der Waals surface area (Å²) in [6.45, 7) is 10.7. The summed E-state index contributed by atoms with van der Waals surface area (Å²) in [5.41, 5.74) is 1.27. The van der Waals surface area contributed by atoms with Crippen LogP contribution in [0.15, 0.2) is 35.5 Å². The second-order valence-electron chi connectivity index (χ2n) is 9.84. The van der Waals surface area contributed by atoms with E-state index in [1.54, 1.807) is 32.2 Å². The Labute approximate surface area is 212 Å². The van der Waals surface area contributed by atoms with Crippen molar-refractivity contribution in [3.8, 4) is 0 Å². The maximum absolute atomic E-state index is 13.2. The van der Waals surface area contributed by atoms with Gasteiger partial charge in [0, 0.05) is 56.0 Å². The van der Waals surface area contributed by atoms with Crippen molar-refractivity contribution < 1.29 is 19.1 Å². The van der Waals surface area contributed by atoms with Gasteiger partial charge in [-0.3, -0.25) is 9.80 Å². The minimum absolute atomic E-state index is 0.0845. The van der Waals surface area contributed by atoms with Crippen LogP contribution in [0, 0.1) is 0 Å². The number of amides is 4. The molecule has 1 aromatic carbocycles. The fourth-order valence-corrected chi connectivity index (χ4v) is 4.53. The van der Waals surface area contributed by atoms with E-state index in [9.17, 15) is 14.4 Å². The highest BCUT2D eigenvalue weighted by molar-refractivity contribution is 6.31. The molecule has 192 valence electrons. The molecule has 35 heavy (non-hydrogen) atoms. The molecule has 3 rings (SSSR count). The summed E-state index contributed by atoms with van der Waals surface area (Å²) in [6, 6.07) is 6.03. The van der Waals surface area contributed by atoms with E-state index in [1.165, 1.54) is 4.90 Å². The van der Waals surface area contributed by atoms with E-state index in [0.717, 1.165) is 13.0 Å². The van der Waals surface area contributed by atoms with Crippen molar-refractivity contribution in [2.24, 2.45) is 0 Å². The summed E-state index contributed by atoms with van der Waals surface area (Å²) in [5, 5.41) is 6.37. The lowest BCUT2D eigenvalue weighted by molar-refractivity contribution is -0.139. The smallest absolute Gasteiger partial charge is 0.338 e. The Morgan fingerprint density at radius 1 is 1.17 bits per heavy atom. The van der Waals surface area contributed by atoms with Gasteiger partial charge in [-0.15, -0.1) is 0 Å². The summed E-state index contributed by atoms with van der Waals surface area (Å²) in [7, 11) is 1.65. The molecular weight excluding hydrogens is 470 g/mol. The summed E-state index contributed by atoms with van der Waals surface area (Å²) >= 11 is 6.45. The molecule has 2 N–H and O–H groups in total. The highest BCUT2D eigenvalue weighted by Gasteiger charge is 2.38. The number of rotatable bonds is 5. The molecule has 0 aliphatic carbocycles. The van der Waals surface area contributed by atoms with Crippen LogP contribution in [0.25, 0.3) is 0 Å². The molecule has 1 atom stereocenters. The zero-order chi connectivity index (χ0) is 25.8. The van der Waals surface area contributed by atoms with Gasteiger partial charge in [0.2, 0.25) is 0 Å². The summed E-state index contributed by atoms with van der Waals surface area (Å²) < 4.78 is 5.40. The third-order valence-electron chi connectivity index (χ3n) is 6.02. The normalized spacial score (nSPS) is 19.8. The van der Waals surface area contributed by atoms with Gasteiger partial charge < -0.3 is 20.3 Å². The van der Waals surface area contributed by atoms with E-state index in [4.69, 9.17) is 16.3 Å². The molecule has 10 heteroatoms. The number of ether oxygens (including phenoxy) is 1. The van der Waals surface area contributed by atoms with E-state index in [-0.39, 0.29) is 24.2 Å². The molecule has 1 aromatic rings. The standard InChI is InChI=1S/C25H36ClN5O4/c1-6-35-22(32)20-19(29(5)23(33)27-21(20)17-10-7-8-11-18(17)26)16-30-12-9-13-31(15-14-30)24(34)28-25(2,3)4/h7-8,10-11,21H,6,9,12-16H2,1-5H3,(H,27,33)(H,28,34). The molecule has 0 spiro atoms. The van der Waals surface area contributed by atoms with Crippen LogP contribution in [0.1, 0.15) is 45.7 Å². The molecule has 1 saturated heterocycles. The second kappa shape index (κ2) is 11.3. The largest absolute Gasteiger partial charge is 0.463 e. The molecule has 0 saturated carbocycles. The molecule has 4 amide bonds. The van der Waals surface area contributed by atoms with Gasteiger partial charge in [0.15, 0.2) is 0 Å². The fourth-order valence-electron chi connectivity index (χ4n) is 4.28. The van der Waals surface area contributed by atoms with Crippen molar-refractivity contribution in [1.82, 2.24) is 25.3 Å². The maximum atomic E-state index is 13.2. The number of halogens is 1. The van der Waals surface area contributed by atoms with E-state index >= 15 is 0 Å². The van der Waals surface area contributed by atoms with E-state index < -0.39 is 12.0 Å². The molecule has 2 heterocycles. The minimum atomic E-state index is -0.720. The maximum Gasteiger partial charge on any atom is 0.338 e. The summed E-state index contributed by atoms with van der Waals surface area (Å²) in [6.07, 6.45) is 0.781. The van der Waals surface area contributed by atoms with Crippen LogP contribution in [-0.2, 0) is 9.53 Å². The molecule has 9 nitrogen and oxygen atoms in total. The zero-order valence-corrected chi connectivity index (χ0v) is 21.9. The molecule has 1 unspecified atom stereocenters. The van der Waals surface area contributed by atoms with Gasteiger partial charge in [-0.05, 0) is 45.7 Å². The molecule has 0 aromatic heterocycles. The van der Waals surface area contributed by atoms with Gasteiger partial charge >= 0.3 is 18.0 Å². The first kappa shape index (κ1) is 26.8. The Kier molecular flexibility index (Phi) is 8.66. The number of esters is 1. The van der Waals surface area contributed by atoms with Crippen LogP contribution in [-0.4, -0.2) is 84.6 Å². The quantitative estimate of drug-likeness (QED) is 0.598. The van der Waals surface area contributed by atoms with Gasteiger partial charge in [0.1, 0.15) is 0 Å². The number of carbonyl (C=O) groups is 3. The van der Waals surface area contributed by atoms with E-state index in [2.05, 4.69) is 15.5 Å². The van der Waals surface area contributed by atoms with Crippen LogP contribution in [0.5, 0.6) is 0 Å². The lowest BCUT2D eigenvalue weighted by atomic mass is 9.94. The van der Waals surface area contributed by atoms with Gasteiger partial charge in [0.25, 0.3) is 0 Å². The highest BCUT2D eigenvalue weighted by atomic mass is 35.5. The predicted molar refractivity (Wildman–Crippen MR) is 135 cm³/mol. The van der Waals surface area contributed by atoms with Crippen molar-refractivity contribution in [2.75, 3.05) is 46.4 Å². The predicted octanol–water partition coefficient (Wildman–Crippen LogP) is 3.37. The Morgan fingerprint density at radius 2 is 1.89 bits per heavy atom. The van der Waals surface area contributed by atoms with E-state index in [1.807, 2.05) is 31.7 Å². The molecule has 0 bridgehead atoms. The van der Waals surface area contributed by atoms with E-state index in [0.29, 0.717) is 48.0 Å². The monoisotopic (exact) mass is 505 g/mol. The average Bonchev–Trinajstić information content (AvgIpc) is 3.02. The average molecular weight is 506 g/mol. The first-order valence-corrected chi connectivity index (χ1v) is 12.4. The Balaban J connectivity index is 1.89. The van der Waals surface area contributed by atoms with Gasteiger partial charge in [-0.2, -0.15) is 0 Å². The Hall–Kier alpha value is -2.78. The van der Waals surface area contributed by atoms with Crippen molar-refractivity contribution >= 4 is 29.6 Å². The zero-order valence-electron chi connectivity index (χ0n) is 21.2. The fraction of sp³-hybridized carbons (Fsp3) is 0.560. The first-order valence-electron chi connectivity index (χ1n) is 12.0. The Morgan fingerprint density at radius 3 is 2.54 bits per heavy atom. The molecule has 2 aliphatic rings. The first-order chi connectivity index (χ1) is 16.5.